The van der Waals surface area contributed by atoms with Crippen molar-refractivity contribution in [2.75, 3.05) is 6.61 Å². The zero-order chi connectivity index (χ0) is 29.8. The molecule has 0 aromatic heterocycles. The first-order valence-electron chi connectivity index (χ1n) is 12.8. The molecule has 0 spiro atoms. The predicted octanol–water partition coefficient (Wildman–Crippen LogP) is 7.55. The van der Waals surface area contributed by atoms with Gasteiger partial charge >= 0.3 is 5.97 Å². The van der Waals surface area contributed by atoms with Gasteiger partial charge in [-0.1, -0.05) is 59.6 Å². The third-order valence-corrected chi connectivity index (χ3v) is 7.03. The molecule has 0 fully saturated rings. The number of rotatable bonds is 8. The zero-order valence-electron chi connectivity index (χ0n) is 22.2. The fourth-order valence-electron chi connectivity index (χ4n) is 4.53. The van der Waals surface area contributed by atoms with Crippen molar-refractivity contribution in [3.63, 3.8) is 0 Å². The number of nitrogens with zero attached hydrogens (tertiary/aromatic N) is 1. The molecular formula is C32H23Cl2FN2O5. The molecule has 1 unspecified atom stereocenters. The van der Waals surface area contributed by atoms with Gasteiger partial charge in [0.25, 0.3) is 0 Å². The van der Waals surface area contributed by atoms with Crippen LogP contribution in [0.5, 0.6) is 23.0 Å². The summed E-state index contributed by atoms with van der Waals surface area (Å²) in [6.07, 6.45) is 0. The second-order valence-corrected chi connectivity index (χ2v) is 9.98. The summed E-state index contributed by atoms with van der Waals surface area (Å²) in [6, 6.07) is 23.2. The average Bonchev–Trinajstić information content (AvgIpc) is 2.97. The Labute approximate surface area is 251 Å². The van der Waals surface area contributed by atoms with Gasteiger partial charge in [0.2, 0.25) is 5.88 Å². The summed E-state index contributed by atoms with van der Waals surface area (Å²) in [6.45, 7) is 2.18. The Bertz CT molecular complexity index is 1730. The lowest BCUT2D eigenvalue weighted by Gasteiger charge is -2.27. The number of esters is 1. The quantitative estimate of drug-likeness (QED) is 0.163. The number of halogens is 3. The highest BCUT2D eigenvalue weighted by molar-refractivity contribution is 6.37. The van der Waals surface area contributed by atoms with Gasteiger partial charge in [-0.25, -0.2) is 9.18 Å². The van der Waals surface area contributed by atoms with Gasteiger partial charge in [0.15, 0.2) is 5.75 Å². The maximum atomic E-state index is 14.1. The summed E-state index contributed by atoms with van der Waals surface area (Å²) < 4.78 is 36.6. The van der Waals surface area contributed by atoms with Crippen LogP contribution in [-0.4, -0.2) is 12.6 Å². The van der Waals surface area contributed by atoms with E-state index < -0.39 is 11.9 Å². The van der Waals surface area contributed by atoms with Crippen molar-refractivity contribution in [2.45, 2.75) is 19.4 Å². The summed E-state index contributed by atoms with van der Waals surface area (Å²) in [5, 5.41) is 10.3. The molecule has 0 bridgehead atoms. The maximum absolute atomic E-state index is 14.1. The molecule has 10 heteroatoms. The molecule has 5 rings (SSSR count). The third-order valence-electron chi connectivity index (χ3n) is 6.47. The number of nitrogens with two attached hydrogens (primary N) is 1. The van der Waals surface area contributed by atoms with E-state index in [0.717, 1.165) is 0 Å². The summed E-state index contributed by atoms with van der Waals surface area (Å²) in [7, 11) is 0. The van der Waals surface area contributed by atoms with Crippen molar-refractivity contribution in [2.24, 2.45) is 5.73 Å². The first-order chi connectivity index (χ1) is 20.3. The molecule has 42 heavy (non-hydrogen) atoms. The van der Waals surface area contributed by atoms with Gasteiger partial charge in [0, 0.05) is 17.2 Å². The lowest BCUT2D eigenvalue weighted by molar-refractivity contribution is 0.0734. The van der Waals surface area contributed by atoms with E-state index in [2.05, 4.69) is 6.07 Å². The van der Waals surface area contributed by atoms with Crippen molar-refractivity contribution in [3.8, 4) is 29.1 Å². The number of nitriles is 1. The summed E-state index contributed by atoms with van der Waals surface area (Å²) in [5.74, 6) is -0.489. The molecule has 2 N–H and O–H groups in total. The summed E-state index contributed by atoms with van der Waals surface area (Å²) >= 11 is 12.5. The van der Waals surface area contributed by atoms with Gasteiger partial charge in [-0.15, -0.1) is 0 Å². The first kappa shape index (κ1) is 28.8. The van der Waals surface area contributed by atoms with Gasteiger partial charge < -0.3 is 24.7 Å². The van der Waals surface area contributed by atoms with Crippen LogP contribution in [0.3, 0.4) is 0 Å². The van der Waals surface area contributed by atoms with Crippen molar-refractivity contribution in [1.82, 2.24) is 0 Å². The molecule has 0 saturated carbocycles. The van der Waals surface area contributed by atoms with Crippen molar-refractivity contribution in [1.29, 1.82) is 5.26 Å². The fraction of sp³-hybridized carbons (Fsp3) is 0.125. The Hall–Kier alpha value is -4.71. The minimum atomic E-state index is -0.699. The standard InChI is InChI=1S/C32H23Cl2FN2O5/c1-2-39-30-25(33)13-20(14-26(30)34)32(38)41-22-10-11-23-28(15-22)42-31(37)24(16-36)29(23)18-7-5-8-21(12-18)40-17-19-6-3-4-9-27(19)35/h3-15,29H,2,17,37H2,1H3. The van der Waals surface area contributed by atoms with Gasteiger partial charge in [-0.3, -0.25) is 0 Å². The molecule has 1 atom stereocenters. The highest BCUT2D eigenvalue weighted by Gasteiger charge is 2.31. The van der Waals surface area contributed by atoms with Crippen LogP contribution in [0.25, 0.3) is 0 Å². The van der Waals surface area contributed by atoms with Gasteiger partial charge in [0.05, 0.1) is 28.1 Å². The van der Waals surface area contributed by atoms with Gasteiger partial charge in [-0.2, -0.15) is 5.26 Å². The Balaban J connectivity index is 1.41. The minimum Gasteiger partial charge on any atom is -0.491 e. The Kier molecular flexibility index (Phi) is 8.53. The number of carbonyl (C=O) groups is 1. The normalized spacial score (nSPS) is 13.9. The minimum absolute atomic E-state index is 0.0308. The molecule has 0 saturated heterocycles. The van der Waals surface area contributed by atoms with Gasteiger partial charge in [-0.05, 0) is 48.9 Å². The molecule has 212 valence electrons. The summed E-state index contributed by atoms with van der Waals surface area (Å²) in [5.41, 5.74) is 8.22. The van der Waals surface area contributed by atoms with Crippen LogP contribution in [0.1, 0.15) is 39.9 Å². The molecule has 0 aliphatic carbocycles. The monoisotopic (exact) mass is 604 g/mol. The zero-order valence-corrected chi connectivity index (χ0v) is 23.7. The second-order valence-electron chi connectivity index (χ2n) is 9.17. The number of benzene rings is 4. The van der Waals surface area contributed by atoms with E-state index >= 15 is 0 Å². The lowest BCUT2D eigenvalue weighted by atomic mass is 9.83. The van der Waals surface area contributed by atoms with Crippen molar-refractivity contribution >= 4 is 29.2 Å². The van der Waals surface area contributed by atoms with E-state index in [1.165, 1.54) is 24.3 Å². The van der Waals surface area contributed by atoms with Crippen LogP contribution in [0.4, 0.5) is 4.39 Å². The van der Waals surface area contributed by atoms with E-state index in [0.29, 0.717) is 34.8 Å². The van der Waals surface area contributed by atoms with Crippen LogP contribution in [0.2, 0.25) is 10.0 Å². The third kappa shape index (κ3) is 5.98. The van der Waals surface area contributed by atoms with E-state index in [9.17, 15) is 14.4 Å². The van der Waals surface area contributed by atoms with Crippen molar-refractivity contribution < 1.29 is 28.1 Å². The number of allylic oxidation sites excluding steroid dienone is 1. The lowest BCUT2D eigenvalue weighted by Crippen LogP contribution is -2.21. The smallest absolute Gasteiger partial charge is 0.343 e. The highest BCUT2D eigenvalue weighted by Crippen LogP contribution is 2.44. The van der Waals surface area contributed by atoms with E-state index in [1.807, 2.05) is 6.07 Å². The van der Waals surface area contributed by atoms with Gasteiger partial charge in [0.1, 0.15) is 41.3 Å². The molecular weight excluding hydrogens is 582 g/mol. The number of hydrogen-bond donors (Lipinski definition) is 1. The largest absolute Gasteiger partial charge is 0.491 e. The molecule has 4 aromatic carbocycles. The summed E-state index contributed by atoms with van der Waals surface area (Å²) in [4.78, 5) is 12.9. The number of fused-ring (bicyclic) bond motifs is 1. The number of ether oxygens (including phenoxy) is 4. The Morgan fingerprint density at radius 1 is 1.00 bits per heavy atom. The Morgan fingerprint density at radius 3 is 2.48 bits per heavy atom. The molecule has 1 heterocycles. The van der Waals surface area contributed by atoms with Crippen LogP contribution >= 0.6 is 23.2 Å². The topological polar surface area (TPSA) is 104 Å². The van der Waals surface area contributed by atoms with Crippen LogP contribution in [0.15, 0.2) is 90.3 Å². The SMILES string of the molecule is CCOc1c(Cl)cc(C(=O)Oc2ccc3c(c2)OC(N)=C(C#N)C3c2cccc(OCc3ccccc3F)c2)cc1Cl. The number of hydrogen-bond acceptors (Lipinski definition) is 7. The van der Waals surface area contributed by atoms with E-state index in [4.69, 9.17) is 47.9 Å². The molecule has 4 aromatic rings. The van der Waals surface area contributed by atoms with Crippen LogP contribution in [0, 0.1) is 17.1 Å². The molecule has 7 nitrogen and oxygen atoms in total. The molecule has 0 radical (unpaired) electrons. The van der Waals surface area contributed by atoms with Crippen LogP contribution < -0.4 is 24.7 Å². The van der Waals surface area contributed by atoms with E-state index in [-0.39, 0.29) is 51.0 Å². The second kappa shape index (κ2) is 12.4. The average molecular weight is 605 g/mol. The van der Waals surface area contributed by atoms with Crippen molar-refractivity contribution in [3.05, 3.63) is 128 Å². The molecule has 1 aliphatic heterocycles. The molecule has 1 aliphatic rings. The fourth-order valence-corrected chi connectivity index (χ4v) is 5.12. The molecule has 0 amide bonds. The van der Waals surface area contributed by atoms with E-state index in [1.54, 1.807) is 55.5 Å². The Morgan fingerprint density at radius 2 is 1.76 bits per heavy atom. The highest BCUT2D eigenvalue weighted by atomic mass is 35.5. The van der Waals surface area contributed by atoms with Crippen LogP contribution in [-0.2, 0) is 6.61 Å². The first-order valence-corrected chi connectivity index (χ1v) is 13.6. The predicted molar refractivity (Wildman–Crippen MR) is 156 cm³/mol. The number of carbonyl (C=O) groups excluding carboxylic acids is 1. The maximum Gasteiger partial charge on any atom is 0.343 e.